The first-order valence-electron chi connectivity index (χ1n) is 15.2. The largest absolute Gasteiger partial charge is 0.493 e. The van der Waals surface area contributed by atoms with Gasteiger partial charge in [0.15, 0.2) is 11.5 Å². The van der Waals surface area contributed by atoms with Crippen LogP contribution in [0, 0.1) is 0 Å². The molecule has 0 fully saturated rings. The molecule has 11 heteroatoms. The van der Waals surface area contributed by atoms with Crippen molar-refractivity contribution in [3.05, 3.63) is 119 Å². The molecule has 47 heavy (non-hydrogen) atoms. The van der Waals surface area contributed by atoms with Gasteiger partial charge in [0.05, 0.1) is 24.8 Å². The zero-order chi connectivity index (χ0) is 34.0. The van der Waals surface area contributed by atoms with E-state index in [1.807, 2.05) is 68.4 Å². The maximum atomic E-state index is 14.6. The van der Waals surface area contributed by atoms with Crippen molar-refractivity contribution in [2.45, 2.75) is 50.2 Å². The minimum absolute atomic E-state index is 0.0799. The fourth-order valence-electron chi connectivity index (χ4n) is 5.01. The highest BCUT2D eigenvalue weighted by Gasteiger charge is 2.35. The van der Waals surface area contributed by atoms with Crippen molar-refractivity contribution in [3.63, 3.8) is 0 Å². The number of sulfonamides is 1. The molecular weight excluding hydrogens is 682 g/mol. The fourth-order valence-corrected chi connectivity index (χ4v) is 6.70. The standard InChI is InChI=1S/C36H40BrN3O6S/c1-5-26(2)38-36(42)32(22-27-12-8-6-9-13-27)39(24-28-16-18-29(37)19-17-28)35(41)25-40(30-14-10-7-11-15-30)47(43,44)31-20-21-33(45-3)34(23-31)46-4/h6-21,23,26,32H,5,22,24-25H2,1-4H3,(H,38,42). The molecule has 0 bridgehead atoms. The molecule has 0 aliphatic rings. The number of amides is 2. The van der Waals surface area contributed by atoms with E-state index in [-0.39, 0.29) is 35.6 Å². The van der Waals surface area contributed by atoms with Gasteiger partial charge in [-0.25, -0.2) is 8.42 Å². The number of ether oxygens (including phenoxy) is 2. The summed E-state index contributed by atoms with van der Waals surface area (Å²) in [5.74, 6) is -0.260. The molecule has 0 spiro atoms. The summed E-state index contributed by atoms with van der Waals surface area (Å²) in [6, 6.07) is 28.6. The molecule has 2 atom stereocenters. The van der Waals surface area contributed by atoms with Crippen LogP contribution in [-0.4, -0.2) is 58.0 Å². The molecule has 4 aromatic rings. The Bertz CT molecular complexity index is 1740. The molecule has 4 aromatic carbocycles. The van der Waals surface area contributed by atoms with Crippen LogP contribution in [0.1, 0.15) is 31.4 Å². The number of benzene rings is 4. The highest BCUT2D eigenvalue weighted by Crippen LogP contribution is 2.32. The number of nitrogens with zero attached hydrogens (tertiary/aromatic N) is 2. The fraction of sp³-hybridized carbons (Fsp3) is 0.278. The van der Waals surface area contributed by atoms with Gasteiger partial charge in [-0.15, -0.1) is 0 Å². The Morgan fingerprint density at radius 1 is 0.830 bits per heavy atom. The number of nitrogens with one attached hydrogen (secondary N) is 1. The van der Waals surface area contributed by atoms with Crippen molar-refractivity contribution in [2.24, 2.45) is 0 Å². The summed E-state index contributed by atoms with van der Waals surface area (Å²) in [5, 5.41) is 3.05. The predicted octanol–water partition coefficient (Wildman–Crippen LogP) is 6.22. The summed E-state index contributed by atoms with van der Waals surface area (Å²) >= 11 is 3.46. The zero-order valence-electron chi connectivity index (χ0n) is 26.9. The summed E-state index contributed by atoms with van der Waals surface area (Å²) in [7, 11) is -1.42. The van der Waals surface area contributed by atoms with Crippen molar-refractivity contribution in [2.75, 3.05) is 25.1 Å². The lowest BCUT2D eigenvalue weighted by Crippen LogP contribution is -2.54. The highest BCUT2D eigenvalue weighted by atomic mass is 79.9. The molecule has 0 saturated carbocycles. The average Bonchev–Trinajstić information content (AvgIpc) is 3.09. The summed E-state index contributed by atoms with van der Waals surface area (Å²) < 4.78 is 41.2. The normalized spacial score (nSPS) is 12.4. The van der Waals surface area contributed by atoms with E-state index in [1.54, 1.807) is 30.3 Å². The third kappa shape index (κ3) is 9.14. The molecule has 1 N–H and O–H groups in total. The first-order chi connectivity index (χ1) is 22.6. The summed E-state index contributed by atoms with van der Waals surface area (Å²) in [5.41, 5.74) is 1.94. The topological polar surface area (TPSA) is 105 Å². The van der Waals surface area contributed by atoms with Gasteiger partial charge in [0.25, 0.3) is 10.0 Å². The highest BCUT2D eigenvalue weighted by molar-refractivity contribution is 9.10. The van der Waals surface area contributed by atoms with Crippen LogP contribution >= 0.6 is 15.9 Å². The van der Waals surface area contributed by atoms with Crippen molar-refractivity contribution in [1.29, 1.82) is 0 Å². The molecule has 0 aromatic heterocycles. The van der Waals surface area contributed by atoms with Gasteiger partial charge in [0.1, 0.15) is 12.6 Å². The van der Waals surface area contributed by atoms with Gasteiger partial charge in [-0.2, -0.15) is 0 Å². The molecule has 0 saturated heterocycles. The van der Waals surface area contributed by atoms with Gasteiger partial charge in [0, 0.05) is 29.5 Å². The minimum Gasteiger partial charge on any atom is -0.493 e. The Kier molecular flexibility index (Phi) is 12.4. The van der Waals surface area contributed by atoms with Crippen LogP contribution in [0.15, 0.2) is 112 Å². The first kappa shape index (κ1) is 35.5. The second-order valence-corrected chi connectivity index (χ2v) is 13.8. The van der Waals surface area contributed by atoms with Crippen LogP contribution in [0.2, 0.25) is 0 Å². The van der Waals surface area contributed by atoms with E-state index in [4.69, 9.17) is 9.47 Å². The van der Waals surface area contributed by atoms with Gasteiger partial charge < -0.3 is 19.7 Å². The summed E-state index contributed by atoms with van der Waals surface area (Å²) in [6.45, 7) is 3.40. The average molecular weight is 723 g/mol. The number of methoxy groups -OCH3 is 2. The molecule has 0 radical (unpaired) electrons. The number of anilines is 1. The van der Waals surface area contributed by atoms with E-state index in [0.717, 1.165) is 19.9 Å². The van der Waals surface area contributed by atoms with Crippen molar-refractivity contribution in [3.8, 4) is 11.5 Å². The number of hydrogen-bond acceptors (Lipinski definition) is 6. The van der Waals surface area contributed by atoms with Crippen molar-refractivity contribution in [1.82, 2.24) is 10.2 Å². The molecular formula is C36H40BrN3O6S. The van der Waals surface area contributed by atoms with Gasteiger partial charge in [-0.3, -0.25) is 13.9 Å². The van der Waals surface area contributed by atoms with Gasteiger partial charge in [0.2, 0.25) is 11.8 Å². The monoisotopic (exact) mass is 721 g/mol. The van der Waals surface area contributed by atoms with Crippen LogP contribution in [0.3, 0.4) is 0 Å². The Hall–Kier alpha value is -4.35. The van der Waals surface area contributed by atoms with Crippen LogP contribution in [0.4, 0.5) is 5.69 Å². The number of carbonyl (C=O) groups is 2. The van der Waals surface area contributed by atoms with Crippen molar-refractivity contribution < 1.29 is 27.5 Å². The van der Waals surface area contributed by atoms with E-state index >= 15 is 0 Å². The predicted molar refractivity (Wildman–Crippen MR) is 187 cm³/mol. The first-order valence-corrected chi connectivity index (χ1v) is 17.5. The lowest BCUT2D eigenvalue weighted by Gasteiger charge is -2.34. The minimum atomic E-state index is -4.30. The van der Waals surface area contributed by atoms with Crippen LogP contribution in [0.25, 0.3) is 0 Å². The van der Waals surface area contributed by atoms with E-state index in [2.05, 4.69) is 21.2 Å². The van der Waals surface area contributed by atoms with Gasteiger partial charge >= 0.3 is 0 Å². The Morgan fingerprint density at radius 2 is 1.45 bits per heavy atom. The maximum absolute atomic E-state index is 14.6. The maximum Gasteiger partial charge on any atom is 0.264 e. The lowest BCUT2D eigenvalue weighted by atomic mass is 10.0. The molecule has 2 unspecified atom stereocenters. The molecule has 4 rings (SSSR count). The van der Waals surface area contributed by atoms with Crippen molar-refractivity contribution >= 4 is 43.5 Å². The summed E-state index contributed by atoms with van der Waals surface area (Å²) in [6.07, 6.45) is 0.939. The third-order valence-corrected chi connectivity index (χ3v) is 10.1. The molecule has 0 aliphatic heterocycles. The molecule has 2 amide bonds. The lowest BCUT2D eigenvalue weighted by molar-refractivity contribution is -0.140. The number of carbonyl (C=O) groups excluding carboxylic acids is 2. The quantitative estimate of drug-likeness (QED) is 0.156. The van der Waals surface area contributed by atoms with Crippen LogP contribution in [-0.2, 0) is 32.6 Å². The number of halogens is 1. The Morgan fingerprint density at radius 3 is 2.04 bits per heavy atom. The number of para-hydroxylation sites is 1. The van der Waals surface area contributed by atoms with E-state index in [9.17, 15) is 18.0 Å². The Labute approximate surface area is 285 Å². The van der Waals surface area contributed by atoms with Gasteiger partial charge in [-0.05, 0) is 60.9 Å². The second-order valence-electron chi connectivity index (χ2n) is 11.0. The van der Waals surface area contributed by atoms with Crippen LogP contribution < -0.4 is 19.1 Å². The molecule has 248 valence electrons. The molecule has 0 aliphatic carbocycles. The number of hydrogen-bond donors (Lipinski definition) is 1. The summed E-state index contributed by atoms with van der Waals surface area (Å²) in [4.78, 5) is 29.9. The second kappa shape index (κ2) is 16.5. The SMILES string of the molecule is CCC(C)NC(=O)C(Cc1ccccc1)N(Cc1ccc(Br)cc1)C(=O)CN(c1ccccc1)S(=O)(=O)c1ccc(OC)c(OC)c1. The van der Waals surface area contributed by atoms with E-state index in [1.165, 1.54) is 37.3 Å². The molecule has 0 heterocycles. The van der Waals surface area contributed by atoms with E-state index < -0.39 is 28.5 Å². The van der Waals surface area contributed by atoms with Crippen LogP contribution in [0.5, 0.6) is 11.5 Å². The van der Waals surface area contributed by atoms with E-state index in [0.29, 0.717) is 17.9 Å². The smallest absolute Gasteiger partial charge is 0.264 e. The Balaban J connectivity index is 1.81. The number of rotatable bonds is 15. The molecule has 9 nitrogen and oxygen atoms in total. The zero-order valence-corrected chi connectivity index (χ0v) is 29.3. The van der Waals surface area contributed by atoms with Gasteiger partial charge in [-0.1, -0.05) is 83.5 Å². The third-order valence-electron chi connectivity index (χ3n) is 7.80.